The fourth-order valence-electron chi connectivity index (χ4n) is 3.50. The Balaban J connectivity index is 1.99. The number of hydrogen-bond donors (Lipinski definition) is 3. The molecule has 2 aromatic rings. The summed E-state index contributed by atoms with van der Waals surface area (Å²) in [6, 6.07) is 9.57. The number of carbonyl (C=O) groups excluding carboxylic acids is 3. The first kappa shape index (κ1) is 24.2. The first-order valence-corrected chi connectivity index (χ1v) is 11.9. The van der Waals surface area contributed by atoms with Gasteiger partial charge in [0.15, 0.2) is 0 Å². The normalized spacial score (nSPS) is 15.0. The van der Waals surface area contributed by atoms with E-state index in [1.165, 1.54) is 18.3 Å². The van der Waals surface area contributed by atoms with Crippen LogP contribution >= 0.6 is 0 Å². The van der Waals surface area contributed by atoms with Crippen molar-refractivity contribution in [3.8, 4) is 5.75 Å². The first-order chi connectivity index (χ1) is 15.5. The Bertz CT molecular complexity index is 1110. The third kappa shape index (κ3) is 5.70. The zero-order valence-electron chi connectivity index (χ0n) is 19.3. The van der Waals surface area contributed by atoms with Gasteiger partial charge in [0.1, 0.15) is 16.7 Å². The van der Waals surface area contributed by atoms with Gasteiger partial charge in [-0.05, 0) is 41.8 Å². The van der Waals surface area contributed by atoms with Crippen LogP contribution in [0.1, 0.15) is 43.1 Å². The lowest BCUT2D eigenvalue weighted by atomic mass is 9.85. The molecular weight excluding hydrogens is 444 g/mol. The summed E-state index contributed by atoms with van der Waals surface area (Å²) < 4.78 is 19.7. The maximum absolute atomic E-state index is 13.0. The Labute approximate surface area is 195 Å². The average molecular weight is 473 g/mol. The number of methoxy groups -OCH3 is 1. The number of nitrogens with zero attached hydrogens (tertiary/aromatic N) is 1. The van der Waals surface area contributed by atoms with Gasteiger partial charge in [-0.2, -0.15) is 0 Å². The number of anilines is 3. The quantitative estimate of drug-likeness (QED) is 0.596. The molecule has 33 heavy (non-hydrogen) atoms. The van der Waals surface area contributed by atoms with Gasteiger partial charge in [0.2, 0.25) is 5.91 Å². The molecule has 1 unspecified atom stereocenters. The minimum absolute atomic E-state index is 0.188. The van der Waals surface area contributed by atoms with Crippen molar-refractivity contribution in [1.82, 2.24) is 5.32 Å². The maximum Gasteiger partial charge on any atom is 0.328 e. The van der Waals surface area contributed by atoms with E-state index in [0.717, 1.165) is 5.56 Å². The van der Waals surface area contributed by atoms with Crippen LogP contribution in [0.25, 0.3) is 0 Å². The van der Waals surface area contributed by atoms with Crippen molar-refractivity contribution in [3.05, 3.63) is 47.5 Å². The first-order valence-electron chi connectivity index (χ1n) is 10.3. The lowest BCUT2D eigenvalue weighted by Gasteiger charge is -2.30. The van der Waals surface area contributed by atoms with Crippen molar-refractivity contribution in [2.75, 3.05) is 34.8 Å². The van der Waals surface area contributed by atoms with E-state index in [-0.39, 0.29) is 30.2 Å². The van der Waals surface area contributed by atoms with Gasteiger partial charge in [0.05, 0.1) is 12.8 Å². The number of rotatable bonds is 6. The molecule has 9 nitrogen and oxygen atoms in total. The van der Waals surface area contributed by atoms with Gasteiger partial charge < -0.3 is 14.8 Å². The zero-order chi connectivity index (χ0) is 24.3. The SMILES string of the molecule is COc1c(NC(=O)c2ccc(NS(C)=O)cc2)cc(N2CCC(=O)NC2=O)cc1C(C)(C)C. The highest BCUT2D eigenvalue weighted by atomic mass is 32.2. The molecule has 4 amide bonds. The minimum Gasteiger partial charge on any atom is -0.494 e. The van der Waals surface area contributed by atoms with E-state index >= 15 is 0 Å². The Morgan fingerprint density at radius 2 is 1.82 bits per heavy atom. The van der Waals surface area contributed by atoms with Gasteiger partial charge >= 0.3 is 6.03 Å². The van der Waals surface area contributed by atoms with E-state index < -0.39 is 17.0 Å². The summed E-state index contributed by atoms with van der Waals surface area (Å²) >= 11 is 0. The Morgan fingerprint density at radius 3 is 2.36 bits per heavy atom. The molecule has 10 heteroatoms. The standard InChI is InChI=1S/C23H28N4O5S/c1-23(2,3)17-12-16(27-11-10-19(28)25-22(27)30)13-18(20(17)32-4)24-21(29)14-6-8-15(9-7-14)26-33(5)31/h6-9,12-13,26H,10-11H2,1-5H3,(H,24,29)(H,25,28,30). The molecule has 3 rings (SSSR count). The molecule has 1 fully saturated rings. The average Bonchev–Trinajstić information content (AvgIpc) is 2.72. The van der Waals surface area contributed by atoms with Crippen LogP contribution in [-0.2, 0) is 21.2 Å². The van der Waals surface area contributed by atoms with Crippen LogP contribution in [0, 0.1) is 0 Å². The summed E-state index contributed by atoms with van der Waals surface area (Å²) in [4.78, 5) is 38.5. The molecule has 0 aliphatic carbocycles. The highest BCUT2D eigenvalue weighted by Crippen LogP contribution is 2.41. The van der Waals surface area contributed by atoms with Crippen molar-refractivity contribution >= 4 is 45.9 Å². The predicted octanol–water partition coefficient (Wildman–Crippen LogP) is 3.40. The third-order valence-corrected chi connectivity index (χ3v) is 5.63. The Hall–Kier alpha value is -3.40. The fourth-order valence-corrected chi connectivity index (χ4v) is 3.97. The lowest BCUT2D eigenvalue weighted by Crippen LogP contribution is -2.49. The molecular formula is C23H28N4O5S. The van der Waals surface area contributed by atoms with Gasteiger partial charge in [0.25, 0.3) is 5.91 Å². The van der Waals surface area contributed by atoms with Gasteiger partial charge in [-0.15, -0.1) is 0 Å². The third-order valence-electron chi connectivity index (χ3n) is 5.11. The number of nitrogens with one attached hydrogen (secondary N) is 3. The second-order valence-corrected chi connectivity index (χ2v) is 9.78. The summed E-state index contributed by atoms with van der Waals surface area (Å²) in [5.74, 6) is -0.195. The topological polar surface area (TPSA) is 117 Å². The van der Waals surface area contributed by atoms with Crippen LogP contribution in [-0.4, -0.2) is 42.0 Å². The second kappa shape index (κ2) is 9.62. The molecule has 0 spiro atoms. The molecule has 0 bridgehead atoms. The van der Waals surface area contributed by atoms with Gasteiger partial charge in [-0.3, -0.25) is 19.8 Å². The highest BCUT2D eigenvalue weighted by molar-refractivity contribution is 7.85. The van der Waals surface area contributed by atoms with Crippen molar-refractivity contribution in [2.24, 2.45) is 0 Å². The number of imide groups is 1. The molecule has 0 aromatic heterocycles. The summed E-state index contributed by atoms with van der Waals surface area (Å²) in [7, 11) is 0.308. The summed E-state index contributed by atoms with van der Waals surface area (Å²) in [5, 5.41) is 5.21. The fraction of sp³-hybridized carbons (Fsp3) is 0.348. The van der Waals surface area contributed by atoms with Crippen LogP contribution in [0.4, 0.5) is 21.9 Å². The number of carbonyl (C=O) groups is 3. The highest BCUT2D eigenvalue weighted by Gasteiger charge is 2.29. The molecule has 1 atom stereocenters. The van der Waals surface area contributed by atoms with Crippen molar-refractivity contribution < 1.29 is 23.3 Å². The van der Waals surface area contributed by atoms with Crippen LogP contribution in [0.5, 0.6) is 5.75 Å². The molecule has 1 aliphatic heterocycles. The smallest absolute Gasteiger partial charge is 0.328 e. The van der Waals surface area contributed by atoms with Crippen LogP contribution in [0.15, 0.2) is 36.4 Å². The van der Waals surface area contributed by atoms with Gasteiger partial charge in [-0.1, -0.05) is 20.8 Å². The minimum atomic E-state index is -1.22. The molecule has 3 N–H and O–H groups in total. The molecule has 2 aromatic carbocycles. The molecule has 0 radical (unpaired) electrons. The van der Waals surface area contributed by atoms with Crippen molar-refractivity contribution in [3.63, 3.8) is 0 Å². The van der Waals surface area contributed by atoms with Crippen LogP contribution in [0.2, 0.25) is 0 Å². The maximum atomic E-state index is 13.0. The Kier molecular flexibility index (Phi) is 7.06. The number of benzene rings is 2. The van der Waals surface area contributed by atoms with E-state index in [9.17, 15) is 18.6 Å². The lowest BCUT2D eigenvalue weighted by molar-refractivity contribution is -0.120. The van der Waals surface area contributed by atoms with E-state index in [1.54, 1.807) is 30.3 Å². The largest absolute Gasteiger partial charge is 0.494 e. The van der Waals surface area contributed by atoms with E-state index in [4.69, 9.17) is 4.74 Å². The van der Waals surface area contributed by atoms with Gasteiger partial charge in [-0.25, -0.2) is 9.00 Å². The second-order valence-electron chi connectivity index (χ2n) is 8.67. The van der Waals surface area contributed by atoms with Crippen molar-refractivity contribution in [2.45, 2.75) is 32.6 Å². The van der Waals surface area contributed by atoms with Crippen LogP contribution in [0.3, 0.4) is 0 Å². The molecule has 176 valence electrons. The van der Waals surface area contributed by atoms with E-state index in [0.29, 0.717) is 28.4 Å². The summed E-state index contributed by atoms with van der Waals surface area (Å²) in [6.07, 6.45) is 1.71. The number of amides is 4. The predicted molar refractivity (Wildman–Crippen MR) is 129 cm³/mol. The van der Waals surface area contributed by atoms with E-state index in [1.807, 2.05) is 26.8 Å². The number of hydrogen-bond acceptors (Lipinski definition) is 5. The van der Waals surface area contributed by atoms with Crippen molar-refractivity contribution in [1.29, 1.82) is 0 Å². The Morgan fingerprint density at radius 1 is 1.15 bits per heavy atom. The van der Waals surface area contributed by atoms with Crippen LogP contribution < -0.4 is 25.0 Å². The molecule has 1 saturated heterocycles. The number of ether oxygens (including phenoxy) is 1. The number of urea groups is 1. The summed E-state index contributed by atoms with van der Waals surface area (Å²) in [6.45, 7) is 6.25. The molecule has 1 aliphatic rings. The van der Waals surface area contributed by atoms with E-state index in [2.05, 4.69) is 15.4 Å². The monoisotopic (exact) mass is 472 g/mol. The summed E-state index contributed by atoms with van der Waals surface area (Å²) in [5.41, 5.74) is 2.43. The molecule has 0 saturated carbocycles. The van der Waals surface area contributed by atoms with Gasteiger partial charge in [0, 0.05) is 41.7 Å². The molecule has 1 heterocycles. The zero-order valence-corrected chi connectivity index (χ0v) is 20.1.